The fraction of sp³-hybridized carbons (Fsp3) is 0.385. The SMILES string of the molecule is CCOc1ccc(CC/C(=C/Cl)CN)cc1. The lowest BCUT2D eigenvalue weighted by molar-refractivity contribution is 0.340. The van der Waals surface area contributed by atoms with Crippen LogP contribution in [0.3, 0.4) is 0 Å². The molecule has 0 unspecified atom stereocenters. The van der Waals surface area contributed by atoms with Gasteiger partial charge in [0.05, 0.1) is 6.61 Å². The van der Waals surface area contributed by atoms with E-state index < -0.39 is 0 Å². The van der Waals surface area contributed by atoms with E-state index in [4.69, 9.17) is 22.1 Å². The Morgan fingerprint density at radius 1 is 1.38 bits per heavy atom. The Balaban J connectivity index is 2.49. The molecule has 0 aliphatic heterocycles. The number of ether oxygens (including phenoxy) is 1. The normalized spacial score (nSPS) is 11.6. The molecule has 0 aliphatic carbocycles. The molecule has 1 aromatic carbocycles. The van der Waals surface area contributed by atoms with Crippen LogP contribution in [0.25, 0.3) is 0 Å². The van der Waals surface area contributed by atoms with E-state index in [-0.39, 0.29) is 0 Å². The predicted molar refractivity (Wildman–Crippen MR) is 68.9 cm³/mol. The third-order valence-corrected chi connectivity index (χ3v) is 2.69. The van der Waals surface area contributed by atoms with Crippen molar-refractivity contribution in [2.45, 2.75) is 19.8 Å². The first kappa shape index (κ1) is 13.1. The zero-order chi connectivity index (χ0) is 11.8. The largest absolute Gasteiger partial charge is 0.494 e. The summed E-state index contributed by atoms with van der Waals surface area (Å²) in [5.41, 5.74) is 9.47. The van der Waals surface area contributed by atoms with Gasteiger partial charge in [0.15, 0.2) is 0 Å². The zero-order valence-electron chi connectivity index (χ0n) is 9.58. The maximum atomic E-state index is 5.64. The summed E-state index contributed by atoms with van der Waals surface area (Å²) in [6, 6.07) is 8.14. The van der Waals surface area contributed by atoms with Crippen molar-refractivity contribution in [3.05, 3.63) is 40.9 Å². The van der Waals surface area contributed by atoms with E-state index in [9.17, 15) is 0 Å². The van der Waals surface area contributed by atoms with E-state index in [0.29, 0.717) is 13.2 Å². The molecule has 0 aromatic heterocycles. The van der Waals surface area contributed by atoms with Crippen LogP contribution < -0.4 is 10.5 Å². The molecule has 2 nitrogen and oxygen atoms in total. The molecule has 2 N–H and O–H groups in total. The predicted octanol–water partition coefficient (Wildman–Crippen LogP) is 3.10. The third-order valence-electron chi connectivity index (χ3n) is 2.39. The van der Waals surface area contributed by atoms with E-state index in [2.05, 4.69) is 12.1 Å². The summed E-state index contributed by atoms with van der Waals surface area (Å²) in [6.07, 6.45) is 1.87. The highest BCUT2D eigenvalue weighted by Gasteiger charge is 1.98. The first-order chi connectivity index (χ1) is 7.80. The average molecular weight is 240 g/mol. The fourth-order valence-corrected chi connectivity index (χ4v) is 1.62. The fourth-order valence-electron chi connectivity index (χ4n) is 1.43. The van der Waals surface area contributed by atoms with Gasteiger partial charge < -0.3 is 10.5 Å². The van der Waals surface area contributed by atoms with Crippen molar-refractivity contribution >= 4 is 11.6 Å². The number of aryl methyl sites for hydroxylation is 1. The monoisotopic (exact) mass is 239 g/mol. The number of rotatable bonds is 6. The molecule has 0 bridgehead atoms. The van der Waals surface area contributed by atoms with Gasteiger partial charge in [0.25, 0.3) is 0 Å². The molecule has 0 amide bonds. The molecule has 16 heavy (non-hydrogen) atoms. The van der Waals surface area contributed by atoms with Crippen molar-refractivity contribution in [2.75, 3.05) is 13.2 Å². The van der Waals surface area contributed by atoms with Crippen LogP contribution in [0.5, 0.6) is 5.75 Å². The van der Waals surface area contributed by atoms with Gasteiger partial charge in [-0.05, 0) is 43.0 Å². The quantitative estimate of drug-likeness (QED) is 0.828. The molecule has 0 saturated carbocycles. The van der Waals surface area contributed by atoms with Gasteiger partial charge in [-0.25, -0.2) is 0 Å². The lowest BCUT2D eigenvalue weighted by Gasteiger charge is -2.06. The zero-order valence-corrected chi connectivity index (χ0v) is 10.3. The minimum atomic E-state index is 0.528. The van der Waals surface area contributed by atoms with Crippen LogP contribution in [-0.4, -0.2) is 13.2 Å². The molecule has 1 aromatic rings. The summed E-state index contributed by atoms with van der Waals surface area (Å²) in [5, 5.41) is 0. The average Bonchev–Trinajstić information content (AvgIpc) is 2.33. The van der Waals surface area contributed by atoms with Gasteiger partial charge in [0.1, 0.15) is 5.75 Å². The second kappa shape index (κ2) is 7.31. The standard InChI is InChI=1S/C13H18ClNO/c1-2-16-13-7-5-11(6-8-13)3-4-12(9-14)10-15/h5-9H,2-4,10,15H2,1H3/b12-9-. The van der Waals surface area contributed by atoms with Crippen LogP contribution in [-0.2, 0) is 6.42 Å². The molecule has 0 spiro atoms. The van der Waals surface area contributed by atoms with Gasteiger partial charge in [0, 0.05) is 12.1 Å². The van der Waals surface area contributed by atoms with E-state index in [1.165, 1.54) is 5.56 Å². The number of hydrogen-bond donors (Lipinski definition) is 1. The van der Waals surface area contributed by atoms with Crippen molar-refractivity contribution in [2.24, 2.45) is 5.73 Å². The summed E-state index contributed by atoms with van der Waals surface area (Å²) in [5.74, 6) is 0.915. The van der Waals surface area contributed by atoms with Crippen LogP contribution in [0.2, 0.25) is 0 Å². The number of hydrogen-bond acceptors (Lipinski definition) is 2. The summed E-state index contributed by atoms with van der Waals surface area (Å²) < 4.78 is 5.38. The van der Waals surface area contributed by atoms with Crippen molar-refractivity contribution in [3.8, 4) is 5.75 Å². The first-order valence-electron chi connectivity index (χ1n) is 5.50. The number of halogens is 1. The van der Waals surface area contributed by atoms with Crippen molar-refractivity contribution in [3.63, 3.8) is 0 Å². The highest BCUT2D eigenvalue weighted by atomic mass is 35.5. The maximum absolute atomic E-state index is 5.64. The molecule has 0 aliphatic rings. The third kappa shape index (κ3) is 4.25. The number of nitrogens with two attached hydrogens (primary N) is 1. The summed E-state index contributed by atoms with van der Waals surface area (Å²) in [4.78, 5) is 0. The molecule has 88 valence electrons. The van der Waals surface area contributed by atoms with E-state index in [1.807, 2.05) is 19.1 Å². The second-order valence-corrected chi connectivity index (χ2v) is 3.77. The van der Waals surface area contributed by atoms with Gasteiger partial charge in [-0.3, -0.25) is 0 Å². The highest BCUT2D eigenvalue weighted by Crippen LogP contribution is 2.15. The Kier molecular flexibility index (Phi) is 5.98. The van der Waals surface area contributed by atoms with Crippen LogP contribution in [0.1, 0.15) is 18.9 Å². The Bertz CT molecular complexity index is 332. The molecular weight excluding hydrogens is 222 g/mol. The lowest BCUT2D eigenvalue weighted by Crippen LogP contribution is -2.03. The van der Waals surface area contributed by atoms with Crippen molar-refractivity contribution < 1.29 is 4.74 Å². The number of benzene rings is 1. The minimum absolute atomic E-state index is 0.528. The Morgan fingerprint density at radius 3 is 2.56 bits per heavy atom. The molecule has 0 radical (unpaired) electrons. The van der Waals surface area contributed by atoms with Crippen LogP contribution in [0, 0.1) is 0 Å². The first-order valence-corrected chi connectivity index (χ1v) is 5.93. The minimum Gasteiger partial charge on any atom is -0.494 e. The lowest BCUT2D eigenvalue weighted by atomic mass is 10.1. The molecule has 0 atom stereocenters. The Morgan fingerprint density at radius 2 is 2.06 bits per heavy atom. The van der Waals surface area contributed by atoms with E-state index in [0.717, 1.165) is 24.2 Å². The maximum Gasteiger partial charge on any atom is 0.119 e. The Labute approximate surface area is 102 Å². The van der Waals surface area contributed by atoms with Gasteiger partial charge in [-0.1, -0.05) is 23.7 Å². The van der Waals surface area contributed by atoms with Crippen molar-refractivity contribution in [1.29, 1.82) is 0 Å². The van der Waals surface area contributed by atoms with Crippen molar-refractivity contribution in [1.82, 2.24) is 0 Å². The van der Waals surface area contributed by atoms with Crippen LogP contribution in [0.4, 0.5) is 0 Å². The summed E-state index contributed by atoms with van der Waals surface area (Å²) in [7, 11) is 0. The van der Waals surface area contributed by atoms with Crippen LogP contribution >= 0.6 is 11.6 Å². The molecule has 3 heteroatoms. The topological polar surface area (TPSA) is 35.2 Å². The van der Waals surface area contributed by atoms with Gasteiger partial charge in [-0.15, -0.1) is 0 Å². The summed E-state index contributed by atoms with van der Waals surface area (Å²) in [6.45, 7) is 3.21. The van der Waals surface area contributed by atoms with Gasteiger partial charge in [0.2, 0.25) is 0 Å². The van der Waals surface area contributed by atoms with Crippen LogP contribution in [0.15, 0.2) is 35.4 Å². The molecule has 0 heterocycles. The van der Waals surface area contributed by atoms with E-state index >= 15 is 0 Å². The summed E-state index contributed by atoms with van der Waals surface area (Å²) >= 11 is 5.64. The molecule has 0 saturated heterocycles. The van der Waals surface area contributed by atoms with E-state index in [1.54, 1.807) is 5.54 Å². The Hall–Kier alpha value is -0.990. The van der Waals surface area contributed by atoms with Gasteiger partial charge >= 0.3 is 0 Å². The molecular formula is C13H18ClNO. The molecule has 0 fully saturated rings. The highest BCUT2D eigenvalue weighted by molar-refractivity contribution is 6.25. The molecule has 1 rings (SSSR count). The second-order valence-electron chi connectivity index (χ2n) is 3.55. The smallest absolute Gasteiger partial charge is 0.119 e. The van der Waals surface area contributed by atoms with Gasteiger partial charge in [-0.2, -0.15) is 0 Å².